The van der Waals surface area contributed by atoms with Crippen LogP contribution in [0.4, 0.5) is 5.69 Å². The van der Waals surface area contributed by atoms with Crippen LogP contribution in [0.5, 0.6) is 5.75 Å². The van der Waals surface area contributed by atoms with Gasteiger partial charge in [-0.1, -0.05) is 0 Å². The van der Waals surface area contributed by atoms with Crippen molar-refractivity contribution in [3.05, 3.63) is 42.5 Å². The smallest absolute Gasteiger partial charge is 0.233 e. The van der Waals surface area contributed by atoms with E-state index in [9.17, 15) is 4.79 Å². The van der Waals surface area contributed by atoms with E-state index in [0.29, 0.717) is 13.2 Å². The first kappa shape index (κ1) is 18.4. The van der Waals surface area contributed by atoms with Crippen LogP contribution in [0.25, 0.3) is 0 Å². The standard InChI is InChI=1S/C19H26N4O3/c1-23-12-11-21-17(23)13-26-16-5-3-15(4-6-16)22-18(24)19(14-25-2)7-9-20-10-8-19/h3-6,11-12,20H,7-10,13-14H2,1-2H3,(H,22,24). The lowest BCUT2D eigenvalue weighted by molar-refractivity contribution is -0.130. The number of aromatic nitrogens is 2. The number of methoxy groups -OCH3 is 1. The first-order valence-electron chi connectivity index (χ1n) is 8.83. The van der Waals surface area contributed by atoms with Gasteiger partial charge in [0.25, 0.3) is 0 Å². The van der Waals surface area contributed by atoms with E-state index in [4.69, 9.17) is 9.47 Å². The molecule has 1 aliphatic heterocycles. The summed E-state index contributed by atoms with van der Waals surface area (Å²) in [6, 6.07) is 7.41. The van der Waals surface area contributed by atoms with Gasteiger partial charge >= 0.3 is 0 Å². The second kappa shape index (κ2) is 8.33. The lowest BCUT2D eigenvalue weighted by Crippen LogP contribution is -2.47. The molecule has 1 aliphatic rings. The lowest BCUT2D eigenvalue weighted by Gasteiger charge is -2.35. The Balaban J connectivity index is 1.59. The van der Waals surface area contributed by atoms with Gasteiger partial charge in [-0.05, 0) is 50.2 Å². The van der Waals surface area contributed by atoms with Crippen LogP contribution >= 0.6 is 0 Å². The van der Waals surface area contributed by atoms with Crippen molar-refractivity contribution in [2.75, 3.05) is 32.1 Å². The zero-order valence-electron chi connectivity index (χ0n) is 15.3. The van der Waals surface area contributed by atoms with E-state index in [1.807, 2.05) is 42.1 Å². The molecule has 0 atom stereocenters. The highest BCUT2D eigenvalue weighted by Crippen LogP contribution is 2.31. The van der Waals surface area contributed by atoms with E-state index in [2.05, 4.69) is 15.6 Å². The largest absolute Gasteiger partial charge is 0.486 e. The summed E-state index contributed by atoms with van der Waals surface area (Å²) in [7, 11) is 3.58. The zero-order chi connectivity index (χ0) is 18.4. The Hall–Kier alpha value is -2.38. The Bertz CT molecular complexity index is 715. The molecule has 1 saturated heterocycles. The van der Waals surface area contributed by atoms with Crippen molar-refractivity contribution >= 4 is 11.6 Å². The number of hydrogen-bond acceptors (Lipinski definition) is 5. The fraction of sp³-hybridized carbons (Fsp3) is 0.474. The van der Waals surface area contributed by atoms with Crippen molar-refractivity contribution in [1.82, 2.24) is 14.9 Å². The zero-order valence-corrected chi connectivity index (χ0v) is 15.3. The molecule has 1 aromatic heterocycles. The predicted molar refractivity (Wildman–Crippen MR) is 99.0 cm³/mol. The Kier molecular flexibility index (Phi) is 5.90. The summed E-state index contributed by atoms with van der Waals surface area (Å²) >= 11 is 0. The molecule has 7 nitrogen and oxygen atoms in total. The molecule has 2 aromatic rings. The number of amides is 1. The monoisotopic (exact) mass is 358 g/mol. The van der Waals surface area contributed by atoms with Crippen molar-refractivity contribution < 1.29 is 14.3 Å². The number of imidazole rings is 1. The fourth-order valence-corrected chi connectivity index (χ4v) is 3.20. The predicted octanol–water partition coefficient (Wildman–Crippen LogP) is 1.95. The second-order valence-corrected chi connectivity index (χ2v) is 6.68. The highest BCUT2D eigenvalue weighted by Gasteiger charge is 2.39. The van der Waals surface area contributed by atoms with Crippen LogP contribution in [0.3, 0.4) is 0 Å². The average molecular weight is 358 g/mol. The molecule has 2 N–H and O–H groups in total. The maximum atomic E-state index is 12.8. The number of nitrogens with one attached hydrogen (secondary N) is 2. The topological polar surface area (TPSA) is 77.4 Å². The van der Waals surface area contributed by atoms with E-state index in [1.54, 1.807) is 13.3 Å². The summed E-state index contributed by atoms with van der Waals surface area (Å²) in [5.74, 6) is 1.61. The number of aryl methyl sites for hydroxylation is 1. The van der Waals surface area contributed by atoms with Gasteiger partial charge < -0.3 is 24.7 Å². The lowest BCUT2D eigenvalue weighted by atomic mass is 9.78. The van der Waals surface area contributed by atoms with Gasteiger partial charge in [-0.15, -0.1) is 0 Å². The third kappa shape index (κ3) is 4.23. The van der Waals surface area contributed by atoms with Gasteiger partial charge in [0.2, 0.25) is 5.91 Å². The van der Waals surface area contributed by atoms with Gasteiger partial charge in [0, 0.05) is 32.2 Å². The molecule has 0 bridgehead atoms. The second-order valence-electron chi connectivity index (χ2n) is 6.68. The van der Waals surface area contributed by atoms with Crippen LogP contribution in [0.2, 0.25) is 0 Å². The molecule has 1 fully saturated rings. The fourth-order valence-electron chi connectivity index (χ4n) is 3.20. The Morgan fingerprint density at radius 2 is 2.04 bits per heavy atom. The van der Waals surface area contributed by atoms with Gasteiger partial charge in [0.05, 0.1) is 12.0 Å². The number of benzene rings is 1. The molecule has 1 aromatic carbocycles. The molecule has 0 spiro atoms. The van der Waals surface area contributed by atoms with Crippen molar-refractivity contribution in [2.24, 2.45) is 12.5 Å². The molecule has 3 rings (SSSR count). The number of carbonyl (C=O) groups excluding carboxylic acids is 1. The molecule has 1 amide bonds. The van der Waals surface area contributed by atoms with Gasteiger partial charge in [-0.25, -0.2) is 4.98 Å². The molecule has 0 radical (unpaired) electrons. The molecule has 2 heterocycles. The molecule has 7 heteroatoms. The molecule has 140 valence electrons. The SMILES string of the molecule is COCC1(C(=O)Nc2ccc(OCc3nccn3C)cc2)CCNCC1. The van der Waals surface area contributed by atoms with Crippen LogP contribution in [0, 0.1) is 5.41 Å². The maximum Gasteiger partial charge on any atom is 0.233 e. The van der Waals surface area contributed by atoms with Crippen molar-refractivity contribution in [3.8, 4) is 5.75 Å². The van der Waals surface area contributed by atoms with Gasteiger partial charge in [-0.2, -0.15) is 0 Å². The minimum Gasteiger partial charge on any atom is -0.486 e. The number of rotatable bonds is 7. The molecule has 26 heavy (non-hydrogen) atoms. The van der Waals surface area contributed by atoms with Crippen molar-refractivity contribution in [1.29, 1.82) is 0 Å². The minimum atomic E-state index is -0.465. The minimum absolute atomic E-state index is 0.0162. The van der Waals surface area contributed by atoms with Crippen LogP contribution in [-0.4, -0.2) is 42.3 Å². The summed E-state index contributed by atoms with van der Waals surface area (Å²) in [5, 5.41) is 6.32. The van der Waals surface area contributed by atoms with Crippen LogP contribution in [0.15, 0.2) is 36.7 Å². The van der Waals surface area contributed by atoms with E-state index in [0.717, 1.165) is 43.2 Å². The van der Waals surface area contributed by atoms with Crippen LogP contribution in [-0.2, 0) is 23.2 Å². The Labute approximate surface area is 153 Å². The van der Waals surface area contributed by atoms with Crippen molar-refractivity contribution in [2.45, 2.75) is 19.4 Å². The molecule has 0 saturated carbocycles. The van der Waals surface area contributed by atoms with Crippen molar-refractivity contribution in [3.63, 3.8) is 0 Å². The maximum absolute atomic E-state index is 12.8. The third-order valence-electron chi connectivity index (χ3n) is 4.86. The highest BCUT2D eigenvalue weighted by molar-refractivity contribution is 5.95. The number of anilines is 1. The van der Waals surface area contributed by atoms with E-state index >= 15 is 0 Å². The van der Waals surface area contributed by atoms with E-state index in [1.165, 1.54) is 0 Å². The number of carbonyl (C=O) groups is 1. The van der Waals surface area contributed by atoms with Crippen LogP contribution in [0.1, 0.15) is 18.7 Å². The summed E-state index contributed by atoms with van der Waals surface area (Å²) in [5.41, 5.74) is 0.293. The number of hydrogen-bond donors (Lipinski definition) is 2. The van der Waals surface area contributed by atoms with Gasteiger partial charge in [-0.3, -0.25) is 4.79 Å². The Morgan fingerprint density at radius 3 is 2.65 bits per heavy atom. The normalized spacial score (nSPS) is 16.2. The summed E-state index contributed by atoms with van der Waals surface area (Å²) in [4.78, 5) is 17.1. The highest BCUT2D eigenvalue weighted by atomic mass is 16.5. The Morgan fingerprint density at radius 1 is 1.31 bits per heavy atom. The van der Waals surface area contributed by atoms with Gasteiger partial charge in [0.15, 0.2) is 0 Å². The quantitative estimate of drug-likeness (QED) is 0.791. The number of nitrogens with zero attached hydrogens (tertiary/aromatic N) is 2. The third-order valence-corrected chi connectivity index (χ3v) is 4.86. The average Bonchev–Trinajstić information content (AvgIpc) is 3.07. The summed E-state index contributed by atoms with van der Waals surface area (Å²) in [6.45, 7) is 2.50. The molecule has 0 unspecified atom stereocenters. The van der Waals surface area contributed by atoms with E-state index in [-0.39, 0.29) is 5.91 Å². The molecular formula is C19H26N4O3. The first-order chi connectivity index (χ1) is 12.6. The molecule has 0 aliphatic carbocycles. The van der Waals surface area contributed by atoms with Crippen LogP contribution < -0.4 is 15.4 Å². The summed E-state index contributed by atoms with van der Waals surface area (Å²) < 4.78 is 13.0. The first-order valence-corrected chi connectivity index (χ1v) is 8.83. The number of piperidine rings is 1. The van der Waals surface area contributed by atoms with Gasteiger partial charge in [0.1, 0.15) is 18.2 Å². The van der Waals surface area contributed by atoms with E-state index < -0.39 is 5.41 Å². The summed E-state index contributed by atoms with van der Waals surface area (Å²) in [6.07, 6.45) is 5.18. The number of ether oxygens (including phenoxy) is 2. The molecular weight excluding hydrogens is 332 g/mol.